The topological polar surface area (TPSA) is 87.7 Å². The quantitative estimate of drug-likeness (QED) is 0.411. The van der Waals surface area contributed by atoms with Gasteiger partial charge >= 0.3 is 0 Å². The Labute approximate surface area is 209 Å². The molecule has 0 saturated carbocycles. The van der Waals surface area contributed by atoms with E-state index in [9.17, 15) is 14.4 Å². The number of hydrogen-bond donors (Lipinski definition) is 2. The number of ether oxygens (including phenoxy) is 1. The first-order chi connectivity index (χ1) is 16.3. The van der Waals surface area contributed by atoms with Gasteiger partial charge in [-0.2, -0.15) is 0 Å². The van der Waals surface area contributed by atoms with Gasteiger partial charge < -0.3 is 15.4 Å². The molecule has 1 aliphatic heterocycles. The van der Waals surface area contributed by atoms with Crippen LogP contribution in [0.2, 0.25) is 10.0 Å². The average molecular weight is 517 g/mol. The summed E-state index contributed by atoms with van der Waals surface area (Å²) in [6.45, 7) is 0. The first-order valence-corrected chi connectivity index (χ1v) is 11.0. The highest BCUT2D eigenvalue weighted by Gasteiger charge is 2.39. The van der Waals surface area contributed by atoms with Crippen molar-refractivity contribution < 1.29 is 19.1 Å². The van der Waals surface area contributed by atoms with Gasteiger partial charge in [-0.3, -0.25) is 14.4 Å². The lowest BCUT2D eigenvalue weighted by atomic mass is 10.1. The zero-order chi connectivity index (χ0) is 24.4. The van der Waals surface area contributed by atoms with Crippen LogP contribution in [0.3, 0.4) is 0 Å². The molecule has 7 nitrogen and oxygen atoms in total. The van der Waals surface area contributed by atoms with Crippen LogP contribution in [0.5, 0.6) is 5.75 Å². The van der Waals surface area contributed by atoms with Gasteiger partial charge in [0, 0.05) is 27.0 Å². The molecule has 0 aliphatic carbocycles. The van der Waals surface area contributed by atoms with Crippen LogP contribution in [0, 0.1) is 0 Å². The zero-order valence-corrected chi connectivity index (χ0v) is 19.8. The maximum atomic E-state index is 13.0. The van der Waals surface area contributed by atoms with E-state index in [0.29, 0.717) is 22.7 Å². The van der Waals surface area contributed by atoms with Gasteiger partial charge in [0.2, 0.25) is 0 Å². The van der Waals surface area contributed by atoms with E-state index in [1.165, 1.54) is 24.3 Å². The summed E-state index contributed by atoms with van der Waals surface area (Å²) in [5.41, 5.74) is 1.36. The first kappa shape index (κ1) is 23.6. The molecule has 1 heterocycles. The number of carbonyl (C=O) groups excluding carboxylic acids is 3. The lowest BCUT2D eigenvalue weighted by Crippen LogP contribution is -2.32. The summed E-state index contributed by atoms with van der Waals surface area (Å²) in [6, 6.07) is 17.6. The molecule has 4 rings (SSSR count). The van der Waals surface area contributed by atoms with Crippen LogP contribution in [-0.4, -0.2) is 24.8 Å². The molecule has 10 heteroatoms. The molecule has 0 radical (unpaired) electrons. The van der Waals surface area contributed by atoms with Gasteiger partial charge in [-0.05, 0) is 60.7 Å². The summed E-state index contributed by atoms with van der Waals surface area (Å²) in [4.78, 5) is 39.2. The molecule has 3 aromatic rings. The number of halogens is 3. The maximum Gasteiger partial charge on any atom is 0.283 e. The van der Waals surface area contributed by atoms with E-state index in [-0.39, 0.29) is 32.4 Å². The second kappa shape index (κ2) is 9.77. The molecular formula is C24H16Cl3N3O4. The van der Waals surface area contributed by atoms with Crippen molar-refractivity contribution in [2.75, 3.05) is 22.6 Å². The van der Waals surface area contributed by atoms with E-state index in [1.54, 1.807) is 49.6 Å². The van der Waals surface area contributed by atoms with Crippen molar-refractivity contribution in [1.82, 2.24) is 0 Å². The van der Waals surface area contributed by atoms with Crippen LogP contribution in [0.25, 0.3) is 0 Å². The minimum Gasteiger partial charge on any atom is -0.497 e. The van der Waals surface area contributed by atoms with Gasteiger partial charge in [-0.15, -0.1) is 0 Å². The van der Waals surface area contributed by atoms with Crippen LogP contribution in [0.4, 0.5) is 17.1 Å². The third kappa shape index (κ3) is 4.87. The Morgan fingerprint density at radius 1 is 0.853 bits per heavy atom. The van der Waals surface area contributed by atoms with Gasteiger partial charge in [-0.25, -0.2) is 4.90 Å². The molecule has 3 aromatic carbocycles. The highest BCUT2D eigenvalue weighted by Crippen LogP contribution is 2.33. The average Bonchev–Trinajstić information content (AvgIpc) is 3.02. The van der Waals surface area contributed by atoms with Gasteiger partial charge in [0.05, 0.1) is 12.8 Å². The monoisotopic (exact) mass is 515 g/mol. The first-order valence-electron chi connectivity index (χ1n) is 9.84. The lowest BCUT2D eigenvalue weighted by Gasteiger charge is -2.16. The molecule has 0 unspecified atom stereocenters. The van der Waals surface area contributed by atoms with Crippen LogP contribution in [0.1, 0.15) is 10.4 Å². The second-order valence-corrected chi connectivity index (χ2v) is 8.40. The molecule has 2 N–H and O–H groups in total. The molecular weight excluding hydrogens is 501 g/mol. The summed E-state index contributed by atoms with van der Waals surface area (Å²) in [6.07, 6.45) is 0. The predicted molar refractivity (Wildman–Crippen MR) is 133 cm³/mol. The van der Waals surface area contributed by atoms with Gasteiger partial charge in [0.1, 0.15) is 16.5 Å². The lowest BCUT2D eigenvalue weighted by molar-refractivity contribution is -0.120. The van der Waals surface area contributed by atoms with E-state index < -0.39 is 11.8 Å². The highest BCUT2D eigenvalue weighted by atomic mass is 35.5. The number of hydrogen-bond acceptors (Lipinski definition) is 5. The Bertz CT molecular complexity index is 1320. The van der Waals surface area contributed by atoms with E-state index in [0.717, 1.165) is 4.90 Å². The molecule has 0 fully saturated rings. The Hall–Kier alpha value is -3.52. The molecule has 172 valence electrons. The van der Waals surface area contributed by atoms with Gasteiger partial charge in [0.15, 0.2) is 0 Å². The number of nitrogens with zero attached hydrogens (tertiary/aromatic N) is 1. The number of anilines is 3. The molecule has 3 amide bonds. The minimum absolute atomic E-state index is 0.129. The van der Waals surface area contributed by atoms with E-state index in [2.05, 4.69) is 10.6 Å². The summed E-state index contributed by atoms with van der Waals surface area (Å²) < 4.78 is 5.11. The third-order valence-electron chi connectivity index (χ3n) is 4.87. The van der Waals surface area contributed by atoms with Crippen LogP contribution in [-0.2, 0) is 9.59 Å². The largest absolute Gasteiger partial charge is 0.497 e. The summed E-state index contributed by atoms with van der Waals surface area (Å²) >= 11 is 18.2. The number of rotatable bonds is 6. The summed E-state index contributed by atoms with van der Waals surface area (Å²) in [5.74, 6) is -1.10. The highest BCUT2D eigenvalue weighted by molar-refractivity contribution is 6.53. The van der Waals surface area contributed by atoms with Crippen molar-refractivity contribution in [2.45, 2.75) is 0 Å². The van der Waals surface area contributed by atoms with Crippen molar-refractivity contribution in [3.05, 3.63) is 93.1 Å². The number of benzene rings is 3. The zero-order valence-electron chi connectivity index (χ0n) is 17.6. The van der Waals surface area contributed by atoms with Gasteiger partial charge in [0.25, 0.3) is 17.7 Å². The fourth-order valence-corrected chi connectivity index (χ4v) is 4.00. The summed E-state index contributed by atoms with van der Waals surface area (Å²) in [7, 11) is 1.56. The van der Waals surface area contributed by atoms with Crippen molar-refractivity contribution in [2.24, 2.45) is 0 Å². The van der Waals surface area contributed by atoms with E-state index >= 15 is 0 Å². The predicted octanol–water partition coefficient (Wildman–Crippen LogP) is 5.69. The Balaban J connectivity index is 1.53. The van der Waals surface area contributed by atoms with Crippen LogP contribution < -0.4 is 20.3 Å². The van der Waals surface area contributed by atoms with Gasteiger partial charge in [-0.1, -0.05) is 40.9 Å². The third-order valence-corrected chi connectivity index (χ3v) is 5.66. The molecule has 1 aliphatic rings. The molecule has 0 atom stereocenters. The van der Waals surface area contributed by atoms with Crippen molar-refractivity contribution in [1.29, 1.82) is 0 Å². The minimum atomic E-state index is -0.721. The Morgan fingerprint density at radius 2 is 1.53 bits per heavy atom. The van der Waals surface area contributed by atoms with Crippen molar-refractivity contribution >= 4 is 69.6 Å². The van der Waals surface area contributed by atoms with Crippen LogP contribution in [0.15, 0.2) is 77.5 Å². The molecule has 0 saturated heterocycles. The fourth-order valence-electron chi connectivity index (χ4n) is 3.27. The normalized spacial score (nSPS) is 13.4. The van der Waals surface area contributed by atoms with Crippen molar-refractivity contribution in [3.63, 3.8) is 0 Å². The number of amides is 3. The second-order valence-electron chi connectivity index (χ2n) is 7.15. The van der Waals surface area contributed by atoms with Crippen molar-refractivity contribution in [3.8, 4) is 5.75 Å². The standard InChI is InChI=1S/C24H16Cl3N3O4/c1-34-19-7-5-16(6-8-19)29-22(31)13-3-2-4-17(9-13)28-21-20(27)23(32)30(24(21)33)18-11-14(25)10-15(26)12-18/h2-12,28H,1H3,(H,29,31). The number of nitrogens with one attached hydrogen (secondary N) is 2. The SMILES string of the molecule is COc1ccc(NC(=O)c2cccc(NC3=C(Cl)C(=O)N(c4cc(Cl)cc(Cl)c4)C3=O)c2)cc1. The Kier molecular flexibility index (Phi) is 6.79. The number of imide groups is 1. The molecule has 0 bridgehead atoms. The smallest absolute Gasteiger partial charge is 0.283 e. The number of carbonyl (C=O) groups is 3. The van der Waals surface area contributed by atoms with E-state index in [4.69, 9.17) is 39.5 Å². The Morgan fingerprint density at radius 3 is 2.18 bits per heavy atom. The fraction of sp³-hybridized carbons (Fsp3) is 0.0417. The molecule has 34 heavy (non-hydrogen) atoms. The maximum absolute atomic E-state index is 13.0. The summed E-state index contributed by atoms with van der Waals surface area (Å²) in [5, 5.41) is 5.85. The molecule has 0 spiro atoms. The molecule has 0 aromatic heterocycles. The van der Waals surface area contributed by atoms with E-state index in [1.807, 2.05) is 0 Å². The number of methoxy groups -OCH3 is 1. The van der Waals surface area contributed by atoms with Crippen LogP contribution >= 0.6 is 34.8 Å².